The van der Waals surface area contributed by atoms with Crippen molar-refractivity contribution in [3.8, 4) is 0 Å². The van der Waals surface area contributed by atoms with E-state index < -0.39 is 9.84 Å². The molecule has 0 saturated heterocycles. The second kappa shape index (κ2) is 3.84. The molecule has 1 atom stereocenters. The molecule has 1 aromatic carbocycles. The van der Waals surface area contributed by atoms with Crippen molar-refractivity contribution < 1.29 is 8.42 Å². The summed E-state index contributed by atoms with van der Waals surface area (Å²) in [6.07, 6.45) is 3.51. The Hall–Kier alpha value is -1.82. The van der Waals surface area contributed by atoms with Crippen LogP contribution < -0.4 is 5.32 Å². The molecular weight excluding hydrogens is 250 g/mol. The number of rotatable bonds is 2. The Morgan fingerprint density at radius 2 is 2.17 bits per heavy atom. The van der Waals surface area contributed by atoms with E-state index in [0.29, 0.717) is 4.90 Å². The fourth-order valence-corrected chi connectivity index (χ4v) is 4.00. The van der Waals surface area contributed by atoms with E-state index in [0.717, 1.165) is 11.3 Å². The first kappa shape index (κ1) is 11.3. The number of nitrogens with one attached hydrogen (secondary N) is 1. The van der Waals surface area contributed by atoms with Gasteiger partial charge in [0.15, 0.2) is 9.84 Å². The summed E-state index contributed by atoms with van der Waals surface area (Å²) in [6, 6.07) is 6.93. The van der Waals surface area contributed by atoms with Gasteiger partial charge in [-0.2, -0.15) is 5.10 Å². The standard InChI is InChI=1S/C12H13N3O2S/c1-15-7-9(6-13-15)14-11-8-18(16,17)12-5-3-2-4-10(11)12/h2-7,11,14H,8H2,1H3. The van der Waals surface area contributed by atoms with Crippen LogP contribution in [0.5, 0.6) is 0 Å². The summed E-state index contributed by atoms with van der Waals surface area (Å²) in [7, 11) is -1.33. The van der Waals surface area contributed by atoms with E-state index in [1.165, 1.54) is 0 Å². The summed E-state index contributed by atoms with van der Waals surface area (Å²) in [5, 5.41) is 7.27. The lowest BCUT2D eigenvalue weighted by Crippen LogP contribution is -2.12. The maximum atomic E-state index is 12.0. The molecule has 0 saturated carbocycles. The molecular formula is C12H13N3O2S. The number of hydrogen-bond acceptors (Lipinski definition) is 4. The molecule has 0 spiro atoms. The first-order valence-electron chi connectivity index (χ1n) is 5.63. The van der Waals surface area contributed by atoms with Gasteiger partial charge in [-0.25, -0.2) is 8.42 Å². The Morgan fingerprint density at radius 3 is 2.89 bits per heavy atom. The van der Waals surface area contributed by atoms with Crippen LogP contribution in [0.2, 0.25) is 0 Å². The first-order valence-corrected chi connectivity index (χ1v) is 7.28. The molecule has 3 rings (SSSR count). The molecule has 0 radical (unpaired) electrons. The zero-order chi connectivity index (χ0) is 12.8. The number of nitrogens with zero attached hydrogens (tertiary/aromatic N) is 2. The quantitative estimate of drug-likeness (QED) is 0.888. The van der Waals surface area contributed by atoms with Crippen molar-refractivity contribution >= 4 is 15.5 Å². The molecule has 18 heavy (non-hydrogen) atoms. The maximum absolute atomic E-state index is 12.0. The van der Waals surface area contributed by atoms with Crippen LogP contribution in [-0.2, 0) is 16.9 Å². The van der Waals surface area contributed by atoms with Crippen molar-refractivity contribution in [2.75, 3.05) is 11.1 Å². The van der Waals surface area contributed by atoms with Gasteiger partial charge < -0.3 is 5.32 Å². The first-order chi connectivity index (χ1) is 8.56. The molecule has 1 aromatic heterocycles. The second-order valence-electron chi connectivity index (χ2n) is 4.42. The van der Waals surface area contributed by atoms with Gasteiger partial charge in [0.05, 0.1) is 28.6 Å². The highest BCUT2D eigenvalue weighted by Crippen LogP contribution is 2.35. The van der Waals surface area contributed by atoms with E-state index in [4.69, 9.17) is 0 Å². The molecule has 94 valence electrons. The van der Waals surface area contributed by atoms with E-state index in [1.807, 2.05) is 25.4 Å². The van der Waals surface area contributed by atoms with Gasteiger partial charge in [0.25, 0.3) is 0 Å². The number of fused-ring (bicyclic) bond motifs is 1. The molecule has 0 fully saturated rings. The third kappa shape index (κ3) is 1.78. The molecule has 0 aliphatic carbocycles. The number of aryl methyl sites for hydroxylation is 1. The Labute approximate surface area is 105 Å². The molecule has 6 heteroatoms. The lowest BCUT2D eigenvalue weighted by atomic mass is 10.1. The van der Waals surface area contributed by atoms with Gasteiger partial charge in [-0.3, -0.25) is 4.68 Å². The average Bonchev–Trinajstić information content (AvgIpc) is 2.83. The smallest absolute Gasteiger partial charge is 0.181 e. The minimum absolute atomic E-state index is 0.0985. The van der Waals surface area contributed by atoms with Crippen LogP contribution in [0.25, 0.3) is 0 Å². The van der Waals surface area contributed by atoms with Crippen LogP contribution in [0, 0.1) is 0 Å². The van der Waals surface area contributed by atoms with E-state index >= 15 is 0 Å². The lowest BCUT2D eigenvalue weighted by Gasteiger charge is -2.11. The summed E-state index contributed by atoms with van der Waals surface area (Å²) in [6.45, 7) is 0. The Bertz CT molecular complexity index is 691. The highest BCUT2D eigenvalue weighted by molar-refractivity contribution is 7.91. The van der Waals surface area contributed by atoms with Crippen molar-refractivity contribution in [2.45, 2.75) is 10.9 Å². The van der Waals surface area contributed by atoms with Crippen LogP contribution in [0.4, 0.5) is 5.69 Å². The van der Waals surface area contributed by atoms with Crippen LogP contribution in [0.3, 0.4) is 0 Å². The van der Waals surface area contributed by atoms with Gasteiger partial charge in [-0.15, -0.1) is 0 Å². The average molecular weight is 263 g/mol. The number of benzene rings is 1. The zero-order valence-electron chi connectivity index (χ0n) is 9.87. The summed E-state index contributed by atoms with van der Waals surface area (Å²) in [4.78, 5) is 0.436. The number of hydrogen-bond donors (Lipinski definition) is 1. The summed E-state index contributed by atoms with van der Waals surface area (Å²) >= 11 is 0. The molecule has 1 aliphatic heterocycles. The van der Waals surface area contributed by atoms with Crippen molar-refractivity contribution in [3.63, 3.8) is 0 Å². The van der Waals surface area contributed by atoms with Crippen LogP contribution in [0.15, 0.2) is 41.6 Å². The number of aromatic nitrogens is 2. The monoisotopic (exact) mass is 263 g/mol. The minimum atomic E-state index is -3.16. The third-order valence-electron chi connectivity index (χ3n) is 3.06. The Morgan fingerprint density at radius 1 is 1.39 bits per heavy atom. The summed E-state index contributed by atoms with van der Waals surface area (Å²) in [5.41, 5.74) is 1.66. The van der Waals surface area contributed by atoms with Gasteiger partial charge >= 0.3 is 0 Å². The van der Waals surface area contributed by atoms with Gasteiger partial charge in [0.2, 0.25) is 0 Å². The fourth-order valence-electron chi connectivity index (χ4n) is 2.27. The molecule has 1 aliphatic rings. The van der Waals surface area contributed by atoms with Crippen LogP contribution in [0.1, 0.15) is 11.6 Å². The predicted molar refractivity (Wildman–Crippen MR) is 68.1 cm³/mol. The molecule has 1 N–H and O–H groups in total. The summed E-state index contributed by atoms with van der Waals surface area (Å²) in [5.74, 6) is 0.0985. The molecule has 0 amide bonds. The Balaban J connectivity index is 1.97. The molecule has 2 heterocycles. The molecule has 0 bridgehead atoms. The Kier molecular flexibility index (Phi) is 2.41. The van der Waals surface area contributed by atoms with Crippen molar-refractivity contribution in [1.29, 1.82) is 0 Å². The van der Waals surface area contributed by atoms with Gasteiger partial charge in [0.1, 0.15) is 0 Å². The third-order valence-corrected chi connectivity index (χ3v) is 4.88. The molecule has 5 nitrogen and oxygen atoms in total. The lowest BCUT2D eigenvalue weighted by molar-refractivity contribution is 0.598. The topological polar surface area (TPSA) is 64.0 Å². The van der Waals surface area contributed by atoms with E-state index in [9.17, 15) is 8.42 Å². The SMILES string of the molecule is Cn1cc(NC2CS(=O)(=O)c3ccccc32)cn1. The number of anilines is 1. The van der Waals surface area contributed by atoms with Crippen LogP contribution >= 0.6 is 0 Å². The normalized spacial score (nSPS) is 20.6. The second-order valence-corrected chi connectivity index (χ2v) is 6.42. The molecule has 2 aromatic rings. The highest BCUT2D eigenvalue weighted by atomic mass is 32.2. The predicted octanol–water partition coefficient (Wildman–Crippen LogP) is 1.36. The van der Waals surface area contributed by atoms with E-state index in [2.05, 4.69) is 10.4 Å². The minimum Gasteiger partial charge on any atom is -0.375 e. The zero-order valence-corrected chi connectivity index (χ0v) is 10.7. The van der Waals surface area contributed by atoms with Crippen LogP contribution in [-0.4, -0.2) is 24.0 Å². The van der Waals surface area contributed by atoms with Gasteiger partial charge in [0, 0.05) is 13.2 Å². The van der Waals surface area contributed by atoms with Gasteiger partial charge in [-0.1, -0.05) is 18.2 Å². The van der Waals surface area contributed by atoms with E-state index in [1.54, 1.807) is 23.0 Å². The highest BCUT2D eigenvalue weighted by Gasteiger charge is 2.34. The van der Waals surface area contributed by atoms with Crippen molar-refractivity contribution in [1.82, 2.24) is 9.78 Å². The maximum Gasteiger partial charge on any atom is 0.181 e. The van der Waals surface area contributed by atoms with E-state index in [-0.39, 0.29) is 11.8 Å². The number of sulfone groups is 1. The van der Waals surface area contributed by atoms with Gasteiger partial charge in [-0.05, 0) is 11.6 Å². The van der Waals surface area contributed by atoms with Crippen molar-refractivity contribution in [2.24, 2.45) is 7.05 Å². The largest absolute Gasteiger partial charge is 0.375 e. The molecule has 1 unspecified atom stereocenters. The summed E-state index contributed by atoms with van der Waals surface area (Å²) < 4.78 is 25.7. The fraction of sp³-hybridized carbons (Fsp3) is 0.250. The van der Waals surface area contributed by atoms with Crippen molar-refractivity contribution in [3.05, 3.63) is 42.2 Å².